The van der Waals surface area contributed by atoms with Gasteiger partial charge in [-0.2, -0.15) is 0 Å². The Kier molecular flexibility index (Phi) is 13.1. The summed E-state index contributed by atoms with van der Waals surface area (Å²) in [4.78, 5) is 22.9. The number of aliphatic hydroxyl groups excluding tert-OH is 7. The molecule has 0 aromatic heterocycles. The number of hydrogen-bond acceptors (Lipinski definition) is 13. The Hall–Kier alpha value is 1.31. The van der Waals surface area contributed by atoms with Crippen LogP contribution >= 0.6 is 7.82 Å². The fourth-order valence-corrected chi connectivity index (χ4v) is 2.54. The van der Waals surface area contributed by atoms with Crippen molar-refractivity contribution in [1.82, 2.24) is 0 Å². The molecule has 9 atom stereocenters. The van der Waals surface area contributed by atoms with Crippen molar-refractivity contribution < 1.29 is 126 Å². The molecular weight excluding hydrogens is 454 g/mol. The second-order valence-electron chi connectivity index (χ2n) is 6.12. The zero-order valence-electron chi connectivity index (χ0n) is 15.2. The van der Waals surface area contributed by atoms with Crippen molar-refractivity contribution in [3.63, 3.8) is 0 Å². The van der Waals surface area contributed by atoms with Gasteiger partial charge in [0.15, 0.2) is 6.29 Å². The Labute approximate surface area is 206 Å². The molecule has 0 saturated carbocycles. The van der Waals surface area contributed by atoms with E-state index in [2.05, 4.69) is 0 Å². The fourth-order valence-electron chi connectivity index (χ4n) is 2.54. The maximum atomic E-state index is 10.1. The molecule has 15 nitrogen and oxygen atoms in total. The molecule has 2 saturated heterocycles. The Morgan fingerprint density at radius 2 is 1.41 bits per heavy atom. The topological polar surface area (TPSA) is 270 Å². The number of phosphoric acid groups is 1. The first-order valence-corrected chi connectivity index (χ1v) is 9.34. The molecule has 2 aliphatic rings. The van der Waals surface area contributed by atoms with Gasteiger partial charge in [0.05, 0.1) is 13.2 Å². The summed E-state index contributed by atoms with van der Waals surface area (Å²) in [5.41, 5.74) is 0. The summed E-state index contributed by atoms with van der Waals surface area (Å²) in [5.74, 6) is -2.37. The average Bonchev–Trinajstić information content (AvgIpc) is 2.82. The predicted octanol–water partition coefficient (Wildman–Crippen LogP) is -9.95. The smallest absolute Gasteiger partial charge is 0.756 e. The standard InChI is InChI=1S/C12H22O11.K.H3O4P/c13-1-4-6(15)8(17)9(18)11(22-4)21-3-12(20)10(19)7(16)5(2-14)23-12;;1-5(2,3)4/h4-11,13-20H,1-3H2;;(H3,1,2,3,4)/q;+1;/p-1/t4-,5-,6-,7-,8+,9-,10+,11?,12?;;/m1../s1. The van der Waals surface area contributed by atoms with E-state index in [1.54, 1.807) is 0 Å². The normalized spacial score (nSPS) is 42.6. The maximum Gasteiger partial charge on any atom is 1.00 e. The zero-order chi connectivity index (χ0) is 21.9. The van der Waals surface area contributed by atoms with Gasteiger partial charge in [0, 0.05) is 0 Å². The minimum absolute atomic E-state index is 0. The van der Waals surface area contributed by atoms with E-state index >= 15 is 0 Å². The van der Waals surface area contributed by atoms with E-state index in [1.165, 1.54) is 0 Å². The van der Waals surface area contributed by atoms with Crippen molar-refractivity contribution in [2.24, 2.45) is 0 Å². The second-order valence-corrected chi connectivity index (χ2v) is 7.10. The van der Waals surface area contributed by atoms with Crippen LogP contribution in [-0.4, -0.2) is 125 Å². The van der Waals surface area contributed by atoms with E-state index in [0.717, 1.165) is 0 Å². The third-order valence-electron chi connectivity index (χ3n) is 4.00. The average molecular weight is 478 g/mol. The molecule has 0 spiro atoms. The van der Waals surface area contributed by atoms with Crippen LogP contribution in [0.15, 0.2) is 0 Å². The minimum atomic E-state index is -4.89. The molecule has 29 heavy (non-hydrogen) atoms. The van der Waals surface area contributed by atoms with Gasteiger partial charge in [0.2, 0.25) is 5.79 Å². The molecule has 2 unspecified atom stereocenters. The Morgan fingerprint density at radius 3 is 1.83 bits per heavy atom. The van der Waals surface area contributed by atoms with Gasteiger partial charge in [-0.05, 0) is 0 Å². The van der Waals surface area contributed by atoms with Crippen LogP contribution in [0.3, 0.4) is 0 Å². The molecule has 0 aromatic rings. The van der Waals surface area contributed by atoms with Gasteiger partial charge >= 0.3 is 51.4 Å². The maximum absolute atomic E-state index is 10.1. The molecule has 0 aromatic carbocycles. The summed E-state index contributed by atoms with van der Waals surface area (Å²) in [6.45, 7) is -2.08. The first-order chi connectivity index (χ1) is 12.7. The van der Waals surface area contributed by atoms with E-state index in [0.29, 0.717) is 0 Å². The number of hydrogen-bond donors (Lipinski definition) is 10. The summed E-state index contributed by atoms with van der Waals surface area (Å²) >= 11 is 0. The molecule has 0 radical (unpaired) electrons. The molecule has 17 heteroatoms. The largest absolute Gasteiger partial charge is 1.00 e. The summed E-state index contributed by atoms with van der Waals surface area (Å²) in [7, 11) is -4.89. The van der Waals surface area contributed by atoms with Crippen molar-refractivity contribution >= 4 is 7.82 Å². The molecule has 2 heterocycles. The first kappa shape index (κ1) is 30.3. The van der Waals surface area contributed by atoms with Crippen LogP contribution in [0.4, 0.5) is 0 Å². The predicted molar refractivity (Wildman–Crippen MR) is 80.7 cm³/mol. The van der Waals surface area contributed by atoms with Gasteiger partial charge in [-0.15, -0.1) is 0 Å². The van der Waals surface area contributed by atoms with Crippen LogP contribution in [-0.2, 0) is 18.8 Å². The van der Waals surface area contributed by atoms with Gasteiger partial charge in [-0.3, -0.25) is 4.57 Å². The Morgan fingerprint density at radius 1 is 0.931 bits per heavy atom. The van der Waals surface area contributed by atoms with E-state index in [9.17, 15) is 30.6 Å². The van der Waals surface area contributed by atoms with Gasteiger partial charge in [0.1, 0.15) is 49.3 Å². The van der Waals surface area contributed by atoms with Crippen molar-refractivity contribution in [1.29, 1.82) is 0 Å². The number of aliphatic hydroxyl groups is 8. The summed E-state index contributed by atoms with van der Waals surface area (Å²) < 4.78 is 23.8. The molecule has 168 valence electrons. The zero-order valence-corrected chi connectivity index (χ0v) is 19.2. The second kappa shape index (κ2) is 12.5. The Balaban J connectivity index is 0.00000117. The summed E-state index contributed by atoms with van der Waals surface area (Å²) in [6, 6.07) is 0. The van der Waals surface area contributed by atoms with Gasteiger partial charge in [-0.1, -0.05) is 0 Å². The van der Waals surface area contributed by atoms with Gasteiger partial charge in [-0.25, -0.2) is 0 Å². The van der Waals surface area contributed by atoms with Crippen molar-refractivity contribution in [3.8, 4) is 0 Å². The SMILES string of the molecule is O=P([O-])(O)O.OC[C@H]1OC(O)(COC2O[C@H](CO)[C@@H](O)[C@H](O)[C@H]2O)[C@@H](O)[C@@H]1O.[K+]. The third-order valence-corrected chi connectivity index (χ3v) is 4.00. The fraction of sp³-hybridized carbons (Fsp3) is 1.00. The summed E-state index contributed by atoms with van der Waals surface area (Å²) in [5, 5.41) is 76.5. The molecular formula is C12H24KO15P. The minimum Gasteiger partial charge on any atom is -0.756 e. The molecule has 2 aliphatic heterocycles. The Bertz CT molecular complexity index is 525. The van der Waals surface area contributed by atoms with Crippen molar-refractivity contribution in [3.05, 3.63) is 0 Å². The van der Waals surface area contributed by atoms with E-state index in [-0.39, 0.29) is 51.4 Å². The quantitative estimate of drug-likeness (QED) is 0.130. The van der Waals surface area contributed by atoms with Crippen LogP contribution in [0, 0.1) is 0 Å². The van der Waals surface area contributed by atoms with Gasteiger partial charge in [0.25, 0.3) is 7.82 Å². The van der Waals surface area contributed by atoms with Crippen molar-refractivity contribution in [2.45, 2.75) is 54.8 Å². The molecule has 0 bridgehead atoms. The molecule has 0 aliphatic carbocycles. The van der Waals surface area contributed by atoms with Crippen LogP contribution < -0.4 is 56.3 Å². The van der Waals surface area contributed by atoms with Crippen LogP contribution in [0.2, 0.25) is 0 Å². The monoisotopic (exact) mass is 478 g/mol. The number of ether oxygens (including phenoxy) is 3. The van der Waals surface area contributed by atoms with E-state index < -0.39 is 82.4 Å². The van der Waals surface area contributed by atoms with E-state index in [1.807, 2.05) is 0 Å². The summed E-state index contributed by atoms with van der Waals surface area (Å²) in [6.07, 6.45) is -12.2. The third kappa shape index (κ3) is 8.63. The van der Waals surface area contributed by atoms with Crippen LogP contribution in [0.25, 0.3) is 0 Å². The van der Waals surface area contributed by atoms with E-state index in [4.69, 9.17) is 43.7 Å². The molecule has 2 rings (SSSR count). The van der Waals surface area contributed by atoms with Crippen LogP contribution in [0.5, 0.6) is 0 Å². The first-order valence-electron chi connectivity index (χ1n) is 7.81. The van der Waals surface area contributed by atoms with Gasteiger partial charge < -0.3 is 69.7 Å². The molecule has 10 N–H and O–H groups in total. The number of rotatable bonds is 5. The molecule has 0 amide bonds. The molecule has 2 fully saturated rings. The van der Waals surface area contributed by atoms with Crippen molar-refractivity contribution in [2.75, 3.05) is 19.8 Å². The van der Waals surface area contributed by atoms with Crippen LogP contribution in [0.1, 0.15) is 0 Å².